The SMILES string of the molecule is CCCCCCCC/C=C\CCCCCCCC1OCC(COC(=O)O[C@@H](C(=O)O[C@H]2C[C@@]3(C)[C@@H](OC(=O)c4ccccc4)[C@@H]4[C@]5(OC(C)=O)CO[C@@H]5C[C@H](O)[C@@]4(C)C(=O)[C@H](O)C(=C2C)C3(C)C)[C@@H](NC(=O)OC(C)(C)C)c2ccccc2)O1. The maximum absolute atomic E-state index is 15.4. The molecule has 18 heteroatoms. The molecule has 18 nitrogen and oxygen atoms in total. The van der Waals surface area contributed by atoms with E-state index in [1.54, 1.807) is 109 Å². The lowest BCUT2D eigenvalue weighted by atomic mass is 9.42. The zero-order valence-electron chi connectivity index (χ0n) is 51.2. The van der Waals surface area contributed by atoms with E-state index in [0.29, 0.717) is 12.0 Å². The molecule has 4 fully saturated rings. The van der Waals surface area contributed by atoms with E-state index < -0.39 is 124 Å². The molecule has 2 heterocycles. The van der Waals surface area contributed by atoms with Crippen LogP contribution >= 0.6 is 0 Å². The molecule has 464 valence electrons. The number of Topliss-reactive ketones (excluding diaryl/α,β-unsaturated/α-hetero) is 1. The largest absolute Gasteiger partial charge is 0.509 e. The number of ketones is 1. The van der Waals surface area contributed by atoms with Gasteiger partial charge in [0.05, 0.1) is 36.2 Å². The number of benzene rings is 2. The van der Waals surface area contributed by atoms with Crippen LogP contribution in [0.15, 0.2) is 84.0 Å². The Morgan fingerprint density at radius 3 is 2.05 bits per heavy atom. The third kappa shape index (κ3) is 15.1. The molecule has 0 radical (unpaired) electrons. The highest BCUT2D eigenvalue weighted by molar-refractivity contribution is 5.94. The fourth-order valence-corrected chi connectivity index (χ4v) is 13.4. The van der Waals surface area contributed by atoms with Gasteiger partial charge in [0.25, 0.3) is 0 Å². The van der Waals surface area contributed by atoms with Crippen molar-refractivity contribution in [1.29, 1.82) is 0 Å². The number of fused-ring (bicyclic) bond motifs is 5. The third-order valence-corrected chi connectivity index (χ3v) is 18.3. The van der Waals surface area contributed by atoms with Crippen molar-refractivity contribution >= 4 is 35.9 Å². The molecule has 1 amide bonds. The van der Waals surface area contributed by atoms with Crippen molar-refractivity contribution in [2.45, 2.75) is 238 Å². The van der Waals surface area contributed by atoms with E-state index in [4.69, 9.17) is 42.6 Å². The number of aliphatic hydroxyl groups excluding tert-OH is 2. The summed E-state index contributed by atoms with van der Waals surface area (Å²) < 4.78 is 54.6. The highest BCUT2D eigenvalue weighted by Gasteiger charge is 2.77. The van der Waals surface area contributed by atoms with Crippen LogP contribution in [0.1, 0.15) is 194 Å². The Kier molecular flexibility index (Phi) is 22.5. The van der Waals surface area contributed by atoms with Gasteiger partial charge in [-0.1, -0.05) is 140 Å². The quantitative estimate of drug-likeness (QED) is 0.0343. The van der Waals surface area contributed by atoms with Gasteiger partial charge < -0.3 is 58.2 Å². The number of esters is 3. The molecule has 3 aliphatic carbocycles. The Hall–Kier alpha value is -5.66. The second-order valence-electron chi connectivity index (χ2n) is 25.6. The number of alkyl carbamates (subject to hydrolysis) is 1. The van der Waals surface area contributed by atoms with Crippen molar-refractivity contribution in [3.8, 4) is 0 Å². The van der Waals surface area contributed by atoms with E-state index in [2.05, 4.69) is 24.4 Å². The van der Waals surface area contributed by atoms with Gasteiger partial charge >= 0.3 is 30.2 Å². The van der Waals surface area contributed by atoms with Crippen molar-refractivity contribution in [3.63, 3.8) is 0 Å². The second kappa shape index (κ2) is 28.7. The first kappa shape index (κ1) is 65.9. The Bertz CT molecular complexity index is 2630. The normalized spacial score (nSPS) is 29.6. The average Bonchev–Trinajstić information content (AvgIpc) is 0.713. The number of unbranched alkanes of at least 4 members (excludes halogenated alkanes) is 11. The van der Waals surface area contributed by atoms with Crippen LogP contribution < -0.4 is 5.32 Å². The van der Waals surface area contributed by atoms with Crippen LogP contribution in [0.25, 0.3) is 0 Å². The molecule has 5 aliphatic rings. The molecule has 84 heavy (non-hydrogen) atoms. The first-order chi connectivity index (χ1) is 39.9. The summed E-state index contributed by atoms with van der Waals surface area (Å²) in [4.78, 5) is 86.3. The van der Waals surface area contributed by atoms with E-state index in [0.717, 1.165) is 44.9 Å². The van der Waals surface area contributed by atoms with Crippen molar-refractivity contribution in [2.75, 3.05) is 19.8 Å². The number of aliphatic hydroxyl groups is 2. The molecule has 2 unspecified atom stereocenters. The minimum Gasteiger partial charge on any atom is -0.458 e. The Balaban J connectivity index is 1.12. The molecule has 2 bridgehead atoms. The standard InChI is InChI=1S/C66H93NO17/c1-11-12-13-14-15-16-17-18-19-20-21-22-23-24-31-36-50-76-39-46(79-50)40-77-61(75)81-54(52(44-32-27-25-28-33-44)67-60(74)84-62(4,5)6)59(73)80-47-38-64(9)57(82-58(72)45-34-29-26-30-35-45)55-65(10,56(71)53(70)51(42(47)2)63(64,7)8)48(69)37-49-66(55,41-78-49)83-43(3)68/h18-19,25-30,32-35,46-50,52-55,57,69-70H,11-17,20-24,31,36-41H2,1-10H3,(H,67,74)/b19-18-/t46?,47-,48-,49+,50?,52-,53+,54+,55-,57-,64-,65+,66-/m0/s1. The minimum atomic E-state index is -1.97. The van der Waals surface area contributed by atoms with Crippen molar-refractivity contribution < 1.29 is 81.6 Å². The lowest BCUT2D eigenvalue weighted by Crippen LogP contribution is -2.80. The monoisotopic (exact) mass is 1170 g/mol. The Morgan fingerprint density at radius 2 is 1.44 bits per heavy atom. The molecular weight excluding hydrogens is 1080 g/mol. The van der Waals surface area contributed by atoms with Crippen LogP contribution in [0.5, 0.6) is 0 Å². The summed E-state index contributed by atoms with van der Waals surface area (Å²) in [6.45, 7) is 16.6. The van der Waals surface area contributed by atoms with Gasteiger partial charge in [-0.2, -0.15) is 0 Å². The van der Waals surface area contributed by atoms with Crippen molar-refractivity contribution in [2.24, 2.45) is 22.2 Å². The number of amides is 1. The number of carbonyl (C=O) groups is 6. The lowest BCUT2D eigenvalue weighted by molar-refractivity contribution is -0.340. The van der Waals surface area contributed by atoms with Gasteiger partial charge in [-0.25, -0.2) is 19.2 Å². The summed E-state index contributed by atoms with van der Waals surface area (Å²) in [5, 5.41) is 27.5. The van der Waals surface area contributed by atoms with Gasteiger partial charge in [0.1, 0.15) is 48.8 Å². The first-order valence-corrected chi connectivity index (χ1v) is 30.6. The molecule has 0 aromatic heterocycles. The van der Waals surface area contributed by atoms with E-state index in [1.807, 2.05) is 0 Å². The van der Waals surface area contributed by atoms with E-state index in [1.165, 1.54) is 52.4 Å². The lowest BCUT2D eigenvalue weighted by Gasteiger charge is -2.68. The Morgan fingerprint density at radius 1 is 0.821 bits per heavy atom. The van der Waals surface area contributed by atoms with Crippen LogP contribution in [-0.4, -0.2) is 126 Å². The van der Waals surface area contributed by atoms with Gasteiger partial charge in [0.2, 0.25) is 6.10 Å². The fraction of sp³-hybridized carbons (Fsp3) is 0.667. The highest BCUT2D eigenvalue weighted by Crippen LogP contribution is 2.67. The third-order valence-electron chi connectivity index (χ3n) is 18.3. The molecule has 2 aromatic rings. The number of rotatable bonds is 26. The van der Waals surface area contributed by atoms with Crippen LogP contribution in [-0.2, 0) is 57.0 Å². The first-order valence-electron chi connectivity index (χ1n) is 30.6. The molecule has 2 saturated heterocycles. The number of allylic oxidation sites excluding steroid dienone is 2. The summed E-state index contributed by atoms with van der Waals surface area (Å²) in [7, 11) is 0. The maximum Gasteiger partial charge on any atom is 0.509 e. The average molecular weight is 1170 g/mol. The van der Waals surface area contributed by atoms with Gasteiger partial charge in [0, 0.05) is 18.8 Å². The van der Waals surface area contributed by atoms with Crippen LogP contribution in [0, 0.1) is 22.2 Å². The van der Waals surface area contributed by atoms with Crippen LogP contribution in [0.3, 0.4) is 0 Å². The molecule has 2 saturated carbocycles. The molecule has 2 aliphatic heterocycles. The van der Waals surface area contributed by atoms with E-state index >= 15 is 9.59 Å². The topological polar surface area (TPSA) is 238 Å². The fourth-order valence-electron chi connectivity index (χ4n) is 13.4. The second-order valence-corrected chi connectivity index (χ2v) is 25.6. The van der Waals surface area contributed by atoms with Gasteiger partial charge in [-0.15, -0.1) is 0 Å². The number of carbonyl (C=O) groups excluding carboxylic acids is 6. The Labute approximate surface area is 496 Å². The summed E-state index contributed by atoms with van der Waals surface area (Å²) in [6.07, 6.45) is 7.98. The number of hydrogen-bond donors (Lipinski definition) is 3. The van der Waals surface area contributed by atoms with Gasteiger partial charge in [-0.05, 0) is 114 Å². The van der Waals surface area contributed by atoms with Crippen LogP contribution in [0.4, 0.5) is 9.59 Å². The zero-order chi connectivity index (χ0) is 61.0. The molecular formula is C66H93NO17. The molecule has 2 aromatic carbocycles. The number of hydrogen-bond acceptors (Lipinski definition) is 17. The van der Waals surface area contributed by atoms with Crippen molar-refractivity contribution in [3.05, 3.63) is 95.1 Å². The number of nitrogens with one attached hydrogen (secondary N) is 1. The van der Waals surface area contributed by atoms with Gasteiger partial charge in [0.15, 0.2) is 17.7 Å². The van der Waals surface area contributed by atoms with Crippen molar-refractivity contribution in [1.82, 2.24) is 5.32 Å². The zero-order valence-corrected chi connectivity index (χ0v) is 51.2. The smallest absolute Gasteiger partial charge is 0.458 e. The minimum absolute atomic E-state index is 0.137. The molecule has 13 atom stereocenters. The summed E-state index contributed by atoms with van der Waals surface area (Å²) in [5.41, 5.74) is -6.39. The predicted octanol–water partition coefficient (Wildman–Crippen LogP) is 11.5. The summed E-state index contributed by atoms with van der Waals surface area (Å²) in [6, 6.07) is 15.0. The molecule has 7 rings (SSSR count). The summed E-state index contributed by atoms with van der Waals surface area (Å²) >= 11 is 0. The molecule has 3 N–H and O–H groups in total. The molecule has 0 spiro atoms. The summed E-state index contributed by atoms with van der Waals surface area (Å²) in [5.74, 6) is -4.85. The van der Waals surface area contributed by atoms with E-state index in [-0.39, 0.29) is 49.4 Å². The number of ether oxygens (including phenoxy) is 9. The maximum atomic E-state index is 15.4. The van der Waals surface area contributed by atoms with E-state index in [9.17, 15) is 29.4 Å². The predicted molar refractivity (Wildman–Crippen MR) is 311 cm³/mol. The highest BCUT2D eigenvalue weighted by atomic mass is 16.8. The van der Waals surface area contributed by atoms with Gasteiger partial charge in [-0.3, -0.25) is 9.59 Å². The van der Waals surface area contributed by atoms with Crippen LogP contribution in [0.2, 0.25) is 0 Å².